The SMILES string of the molecule is CCc1ccn2nnc(C(=O)O)c2c1. The van der Waals surface area contributed by atoms with Gasteiger partial charge >= 0.3 is 5.97 Å². The number of carboxylic acids is 1. The second kappa shape index (κ2) is 3.10. The fourth-order valence-corrected chi connectivity index (χ4v) is 1.31. The smallest absolute Gasteiger partial charge is 0.358 e. The molecule has 0 saturated heterocycles. The molecule has 2 rings (SSSR count). The zero-order chi connectivity index (χ0) is 10.1. The summed E-state index contributed by atoms with van der Waals surface area (Å²) < 4.78 is 1.46. The van der Waals surface area contributed by atoms with Crippen LogP contribution >= 0.6 is 0 Å². The predicted molar refractivity (Wildman–Crippen MR) is 49.3 cm³/mol. The lowest BCUT2D eigenvalue weighted by molar-refractivity contribution is 0.0692. The molecule has 72 valence electrons. The van der Waals surface area contributed by atoms with E-state index in [0.29, 0.717) is 5.52 Å². The van der Waals surface area contributed by atoms with Crippen LogP contribution in [0, 0.1) is 0 Å². The van der Waals surface area contributed by atoms with E-state index < -0.39 is 5.97 Å². The summed E-state index contributed by atoms with van der Waals surface area (Å²) in [6.45, 7) is 2.01. The molecule has 0 fully saturated rings. The van der Waals surface area contributed by atoms with Crippen molar-refractivity contribution in [3.8, 4) is 0 Å². The number of fused-ring (bicyclic) bond motifs is 1. The number of aromatic nitrogens is 3. The Kier molecular flexibility index (Phi) is 1.92. The molecule has 0 atom stereocenters. The van der Waals surface area contributed by atoms with Gasteiger partial charge in [0.1, 0.15) is 5.52 Å². The molecule has 0 spiro atoms. The average molecular weight is 191 g/mol. The Labute approximate surface area is 80.0 Å². The van der Waals surface area contributed by atoms with Crippen molar-refractivity contribution in [3.05, 3.63) is 29.6 Å². The molecular formula is C9H9N3O2. The van der Waals surface area contributed by atoms with Gasteiger partial charge in [0.2, 0.25) is 0 Å². The predicted octanol–water partition coefficient (Wildman–Crippen LogP) is 0.990. The molecule has 0 unspecified atom stereocenters. The van der Waals surface area contributed by atoms with Crippen LogP contribution in [0.4, 0.5) is 0 Å². The van der Waals surface area contributed by atoms with Crippen molar-refractivity contribution in [2.45, 2.75) is 13.3 Å². The van der Waals surface area contributed by atoms with Crippen LogP contribution < -0.4 is 0 Å². The normalized spacial score (nSPS) is 10.6. The minimum Gasteiger partial charge on any atom is -0.476 e. The maximum atomic E-state index is 10.8. The van der Waals surface area contributed by atoms with Gasteiger partial charge in [0.05, 0.1) is 0 Å². The topological polar surface area (TPSA) is 67.5 Å². The first kappa shape index (κ1) is 8.68. The highest BCUT2D eigenvalue weighted by Gasteiger charge is 2.12. The van der Waals surface area contributed by atoms with E-state index in [-0.39, 0.29) is 5.69 Å². The van der Waals surface area contributed by atoms with Crippen LogP contribution in [0.15, 0.2) is 18.3 Å². The van der Waals surface area contributed by atoms with Crippen molar-refractivity contribution >= 4 is 11.5 Å². The van der Waals surface area contributed by atoms with Crippen LogP contribution in [0.5, 0.6) is 0 Å². The second-order valence-electron chi connectivity index (χ2n) is 2.96. The van der Waals surface area contributed by atoms with Crippen LogP contribution in [-0.4, -0.2) is 25.9 Å². The lowest BCUT2D eigenvalue weighted by Crippen LogP contribution is -1.97. The van der Waals surface area contributed by atoms with Crippen molar-refractivity contribution in [1.29, 1.82) is 0 Å². The third-order valence-electron chi connectivity index (χ3n) is 2.09. The van der Waals surface area contributed by atoms with Crippen molar-refractivity contribution in [1.82, 2.24) is 14.8 Å². The average Bonchev–Trinajstić information content (AvgIpc) is 2.59. The molecule has 0 aromatic carbocycles. The highest BCUT2D eigenvalue weighted by molar-refractivity contribution is 5.93. The molecule has 0 aliphatic rings. The minimum atomic E-state index is -1.05. The first-order chi connectivity index (χ1) is 6.72. The molecule has 5 heteroatoms. The Morgan fingerprint density at radius 2 is 2.43 bits per heavy atom. The molecule has 14 heavy (non-hydrogen) atoms. The zero-order valence-electron chi connectivity index (χ0n) is 7.64. The molecule has 0 radical (unpaired) electrons. The number of hydrogen-bond donors (Lipinski definition) is 1. The van der Waals surface area contributed by atoms with Crippen molar-refractivity contribution in [2.24, 2.45) is 0 Å². The molecule has 0 aliphatic carbocycles. The molecule has 0 saturated carbocycles. The number of aromatic carboxylic acids is 1. The monoisotopic (exact) mass is 191 g/mol. The van der Waals surface area contributed by atoms with E-state index in [1.807, 2.05) is 13.0 Å². The third kappa shape index (κ3) is 1.22. The van der Waals surface area contributed by atoms with Crippen LogP contribution in [0.1, 0.15) is 23.0 Å². The minimum absolute atomic E-state index is 0.000278. The van der Waals surface area contributed by atoms with Gasteiger partial charge in [-0.25, -0.2) is 9.31 Å². The van der Waals surface area contributed by atoms with Gasteiger partial charge in [0.15, 0.2) is 5.69 Å². The van der Waals surface area contributed by atoms with E-state index in [0.717, 1.165) is 12.0 Å². The van der Waals surface area contributed by atoms with E-state index in [9.17, 15) is 4.79 Å². The third-order valence-corrected chi connectivity index (χ3v) is 2.09. The first-order valence-electron chi connectivity index (χ1n) is 4.29. The van der Waals surface area contributed by atoms with Crippen molar-refractivity contribution in [2.75, 3.05) is 0 Å². The van der Waals surface area contributed by atoms with Gasteiger partial charge in [-0.15, -0.1) is 5.10 Å². The van der Waals surface area contributed by atoms with Crippen LogP contribution in [0.3, 0.4) is 0 Å². The summed E-state index contributed by atoms with van der Waals surface area (Å²) in [6.07, 6.45) is 2.58. The number of carbonyl (C=O) groups is 1. The Morgan fingerprint density at radius 3 is 3.07 bits per heavy atom. The Morgan fingerprint density at radius 1 is 1.64 bits per heavy atom. The van der Waals surface area contributed by atoms with E-state index >= 15 is 0 Å². The number of carboxylic acid groups (broad SMARTS) is 1. The Hall–Kier alpha value is -1.91. The van der Waals surface area contributed by atoms with Gasteiger partial charge < -0.3 is 5.11 Å². The summed E-state index contributed by atoms with van der Waals surface area (Å²) >= 11 is 0. The van der Waals surface area contributed by atoms with Gasteiger partial charge in [-0.3, -0.25) is 0 Å². The summed E-state index contributed by atoms with van der Waals surface area (Å²) in [6, 6.07) is 3.69. The van der Waals surface area contributed by atoms with E-state index in [2.05, 4.69) is 10.3 Å². The van der Waals surface area contributed by atoms with Gasteiger partial charge in [0.25, 0.3) is 0 Å². The Bertz CT molecular complexity index is 490. The fourth-order valence-electron chi connectivity index (χ4n) is 1.31. The molecule has 0 aliphatic heterocycles. The van der Waals surface area contributed by atoms with E-state index in [1.54, 1.807) is 12.3 Å². The fraction of sp³-hybridized carbons (Fsp3) is 0.222. The molecule has 0 amide bonds. The molecule has 0 bridgehead atoms. The lowest BCUT2D eigenvalue weighted by Gasteiger charge is -1.96. The molecular weight excluding hydrogens is 182 g/mol. The van der Waals surface area contributed by atoms with Crippen molar-refractivity contribution in [3.63, 3.8) is 0 Å². The summed E-state index contributed by atoms with van der Waals surface area (Å²) in [7, 11) is 0. The standard InChI is InChI=1S/C9H9N3O2/c1-2-6-3-4-12-7(5-6)8(9(13)14)10-11-12/h3-5H,2H2,1H3,(H,13,14). The molecule has 2 heterocycles. The molecule has 5 nitrogen and oxygen atoms in total. The maximum absolute atomic E-state index is 10.8. The highest BCUT2D eigenvalue weighted by Crippen LogP contribution is 2.10. The molecule has 2 aromatic rings. The summed E-state index contributed by atoms with van der Waals surface area (Å²) in [5.74, 6) is -1.05. The number of pyridine rings is 1. The van der Waals surface area contributed by atoms with Crippen molar-refractivity contribution < 1.29 is 9.90 Å². The van der Waals surface area contributed by atoms with Gasteiger partial charge in [-0.05, 0) is 24.1 Å². The largest absolute Gasteiger partial charge is 0.476 e. The number of aryl methyl sites for hydroxylation is 1. The number of nitrogens with zero attached hydrogens (tertiary/aromatic N) is 3. The van der Waals surface area contributed by atoms with Crippen LogP contribution in [0.2, 0.25) is 0 Å². The Balaban J connectivity index is 2.69. The highest BCUT2D eigenvalue weighted by atomic mass is 16.4. The second-order valence-corrected chi connectivity index (χ2v) is 2.96. The number of hydrogen-bond acceptors (Lipinski definition) is 3. The van der Waals surface area contributed by atoms with Crippen LogP contribution in [0.25, 0.3) is 5.52 Å². The lowest BCUT2D eigenvalue weighted by atomic mass is 10.2. The number of rotatable bonds is 2. The summed E-state index contributed by atoms with van der Waals surface area (Å²) in [4.78, 5) is 10.8. The van der Waals surface area contributed by atoms with Gasteiger partial charge in [-0.1, -0.05) is 12.1 Å². The molecule has 1 N–H and O–H groups in total. The van der Waals surface area contributed by atoms with Gasteiger partial charge in [-0.2, -0.15) is 0 Å². The first-order valence-corrected chi connectivity index (χ1v) is 4.29. The van der Waals surface area contributed by atoms with Gasteiger partial charge in [0, 0.05) is 6.20 Å². The quantitative estimate of drug-likeness (QED) is 0.768. The summed E-state index contributed by atoms with van der Waals surface area (Å²) in [5.41, 5.74) is 1.61. The molecule has 2 aromatic heterocycles. The van der Waals surface area contributed by atoms with Crippen LogP contribution in [-0.2, 0) is 6.42 Å². The maximum Gasteiger partial charge on any atom is 0.358 e. The van der Waals surface area contributed by atoms with E-state index in [4.69, 9.17) is 5.11 Å². The summed E-state index contributed by atoms with van der Waals surface area (Å²) in [5, 5.41) is 16.1. The zero-order valence-corrected chi connectivity index (χ0v) is 7.64. The van der Waals surface area contributed by atoms with E-state index in [1.165, 1.54) is 4.52 Å².